The van der Waals surface area contributed by atoms with Crippen LogP contribution in [0.3, 0.4) is 0 Å². The minimum atomic E-state index is -0.199. The molecule has 5 nitrogen and oxygen atoms in total. The molecule has 0 radical (unpaired) electrons. The van der Waals surface area contributed by atoms with Crippen molar-refractivity contribution < 1.29 is 9.53 Å². The number of carbonyl (C=O) groups is 1. The molecule has 0 atom stereocenters. The van der Waals surface area contributed by atoms with E-state index in [0.717, 1.165) is 27.6 Å². The molecule has 1 aromatic heterocycles. The van der Waals surface area contributed by atoms with E-state index in [4.69, 9.17) is 4.74 Å². The van der Waals surface area contributed by atoms with Crippen molar-refractivity contribution in [1.29, 1.82) is 0 Å². The molecule has 4 aromatic rings. The Bertz CT molecular complexity index is 1110. The fourth-order valence-corrected chi connectivity index (χ4v) is 4.35. The van der Waals surface area contributed by atoms with Crippen molar-refractivity contribution in [1.82, 2.24) is 10.2 Å². The molecule has 1 N–H and O–H groups in total. The minimum Gasteiger partial charge on any atom is -0.497 e. The summed E-state index contributed by atoms with van der Waals surface area (Å²) in [5.74, 6) is 1.44. The smallest absolute Gasteiger partial charge is 0.257 e. The summed E-state index contributed by atoms with van der Waals surface area (Å²) in [5, 5.41) is 12.3. The molecule has 0 spiro atoms. The van der Waals surface area contributed by atoms with E-state index in [2.05, 4.69) is 27.6 Å². The maximum atomic E-state index is 12.5. The Kier molecular flexibility index (Phi) is 6.41. The number of nitrogens with one attached hydrogen (secondary N) is 1. The van der Waals surface area contributed by atoms with Crippen LogP contribution in [0.25, 0.3) is 10.6 Å². The zero-order valence-electron chi connectivity index (χ0n) is 16.2. The summed E-state index contributed by atoms with van der Waals surface area (Å²) in [6, 6.07) is 25.4. The second-order valence-electron chi connectivity index (χ2n) is 6.39. The van der Waals surface area contributed by atoms with Crippen molar-refractivity contribution in [2.75, 3.05) is 12.4 Å². The van der Waals surface area contributed by atoms with E-state index in [1.165, 1.54) is 16.2 Å². The second kappa shape index (κ2) is 9.56. The molecule has 0 saturated carbocycles. The number of benzene rings is 3. The molecule has 4 rings (SSSR count). The maximum absolute atomic E-state index is 12.5. The summed E-state index contributed by atoms with van der Waals surface area (Å²) in [6.45, 7) is 0. The first-order valence-corrected chi connectivity index (χ1v) is 11.1. The van der Waals surface area contributed by atoms with E-state index in [0.29, 0.717) is 10.7 Å². The van der Waals surface area contributed by atoms with Crippen LogP contribution in [0.15, 0.2) is 83.8 Å². The largest absolute Gasteiger partial charge is 0.497 e. The number of hydrogen-bond donors (Lipinski definition) is 1. The van der Waals surface area contributed by atoms with Crippen molar-refractivity contribution in [2.24, 2.45) is 0 Å². The Labute approximate surface area is 183 Å². The number of nitrogens with zero attached hydrogens (tertiary/aromatic N) is 2. The van der Waals surface area contributed by atoms with Crippen LogP contribution < -0.4 is 10.1 Å². The van der Waals surface area contributed by atoms with Gasteiger partial charge < -0.3 is 4.74 Å². The monoisotopic (exact) mass is 433 g/mol. The molecule has 0 aliphatic carbocycles. The standard InChI is InChI=1S/C23H19N3O2S2/c1-28-19-13-11-18(12-14-19)22-25-26-23(30-22)24-21(27)17-9-7-16(8-10-17)15-29-20-5-3-2-4-6-20/h2-14H,15H2,1H3,(H,24,26,27). The van der Waals surface area contributed by atoms with E-state index < -0.39 is 0 Å². The van der Waals surface area contributed by atoms with E-state index in [9.17, 15) is 4.79 Å². The average Bonchev–Trinajstić information content (AvgIpc) is 3.27. The highest BCUT2D eigenvalue weighted by Crippen LogP contribution is 2.28. The van der Waals surface area contributed by atoms with Crippen LogP contribution in [0.5, 0.6) is 5.75 Å². The predicted molar refractivity (Wildman–Crippen MR) is 122 cm³/mol. The number of anilines is 1. The third kappa shape index (κ3) is 5.06. The predicted octanol–water partition coefficient (Wildman–Crippen LogP) is 5.76. The molecule has 0 aliphatic rings. The van der Waals surface area contributed by atoms with Gasteiger partial charge in [-0.25, -0.2) is 0 Å². The number of carbonyl (C=O) groups excluding carboxylic acids is 1. The number of amides is 1. The molecule has 1 amide bonds. The lowest BCUT2D eigenvalue weighted by molar-refractivity contribution is 0.102. The van der Waals surface area contributed by atoms with Crippen LogP contribution in [-0.2, 0) is 5.75 Å². The van der Waals surface area contributed by atoms with Crippen LogP contribution in [0, 0.1) is 0 Å². The van der Waals surface area contributed by atoms with Crippen molar-refractivity contribution in [3.63, 3.8) is 0 Å². The molecule has 30 heavy (non-hydrogen) atoms. The van der Waals surface area contributed by atoms with Crippen molar-refractivity contribution in [3.05, 3.63) is 90.0 Å². The lowest BCUT2D eigenvalue weighted by Crippen LogP contribution is -2.11. The Balaban J connectivity index is 1.36. The third-order valence-corrected chi connectivity index (χ3v) is 6.32. The third-order valence-electron chi connectivity index (χ3n) is 4.35. The van der Waals surface area contributed by atoms with E-state index in [1.807, 2.05) is 66.7 Å². The summed E-state index contributed by atoms with van der Waals surface area (Å²) in [4.78, 5) is 13.8. The highest BCUT2D eigenvalue weighted by atomic mass is 32.2. The number of rotatable bonds is 7. The van der Waals surface area contributed by atoms with Crippen LogP contribution in [0.1, 0.15) is 15.9 Å². The van der Waals surface area contributed by atoms with Gasteiger partial charge in [0.25, 0.3) is 5.91 Å². The summed E-state index contributed by atoms with van der Waals surface area (Å²) in [5.41, 5.74) is 2.68. The van der Waals surface area contributed by atoms with Crippen molar-refractivity contribution in [3.8, 4) is 16.3 Å². The molecule has 0 bridgehead atoms. The number of thioether (sulfide) groups is 1. The average molecular weight is 434 g/mol. The Morgan fingerprint density at radius 3 is 2.40 bits per heavy atom. The fraction of sp³-hybridized carbons (Fsp3) is 0.0870. The molecule has 0 unspecified atom stereocenters. The molecular weight excluding hydrogens is 414 g/mol. The first-order valence-electron chi connectivity index (χ1n) is 9.27. The van der Waals surface area contributed by atoms with Crippen LogP contribution in [0.4, 0.5) is 5.13 Å². The minimum absolute atomic E-state index is 0.199. The molecule has 0 aliphatic heterocycles. The van der Waals surface area contributed by atoms with Gasteiger partial charge in [0.05, 0.1) is 7.11 Å². The highest BCUT2D eigenvalue weighted by molar-refractivity contribution is 7.98. The zero-order valence-corrected chi connectivity index (χ0v) is 17.9. The summed E-state index contributed by atoms with van der Waals surface area (Å²) < 4.78 is 5.17. The first kappa shape index (κ1) is 20.1. The summed E-state index contributed by atoms with van der Waals surface area (Å²) in [6.07, 6.45) is 0. The Hall–Kier alpha value is -3.16. The number of aromatic nitrogens is 2. The highest BCUT2D eigenvalue weighted by Gasteiger charge is 2.11. The van der Waals surface area contributed by atoms with Crippen LogP contribution in [-0.4, -0.2) is 23.2 Å². The number of hydrogen-bond acceptors (Lipinski definition) is 6. The fourth-order valence-electron chi connectivity index (χ4n) is 2.73. The second-order valence-corrected chi connectivity index (χ2v) is 8.42. The molecule has 0 fully saturated rings. The van der Waals surface area contributed by atoms with E-state index >= 15 is 0 Å². The Morgan fingerprint density at radius 2 is 1.70 bits per heavy atom. The Morgan fingerprint density at radius 1 is 0.967 bits per heavy atom. The molecule has 150 valence electrons. The molecule has 0 saturated heterocycles. The van der Waals surface area contributed by atoms with Gasteiger partial charge in [0.1, 0.15) is 10.8 Å². The van der Waals surface area contributed by atoms with Crippen molar-refractivity contribution in [2.45, 2.75) is 10.6 Å². The normalized spacial score (nSPS) is 10.6. The van der Waals surface area contributed by atoms with Gasteiger partial charge >= 0.3 is 0 Å². The molecule has 7 heteroatoms. The van der Waals surface area contributed by atoms with Gasteiger partial charge in [0.2, 0.25) is 5.13 Å². The van der Waals surface area contributed by atoms with Crippen LogP contribution >= 0.6 is 23.1 Å². The molecule has 1 heterocycles. The van der Waals surface area contributed by atoms with E-state index in [1.54, 1.807) is 18.9 Å². The van der Waals surface area contributed by atoms with Crippen molar-refractivity contribution >= 4 is 34.1 Å². The van der Waals surface area contributed by atoms with Crippen LogP contribution in [0.2, 0.25) is 0 Å². The van der Waals surface area contributed by atoms with Gasteiger partial charge in [-0.1, -0.05) is 41.7 Å². The topological polar surface area (TPSA) is 64.1 Å². The van der Waals surface area contributed by atoms with Gasteiger partial charge in [-0.2, -0.15) is 0 Å². The SMILES string of the molecule is COc1ccc(-c2nnc(NC(=O)c3ccc(CSc4ccccc4)cc3)s2)cc1. The summed E-state index contributed by atoms with van der Waals surface area (Å²) >= 11 is 3.10. The number of methoxy groups -OCH3 is 1. The summed E-state index contributed by atoms with van der Waals surface area (Å²) in [7, 11) is 1.63. The molecule has 3 aromatic carbocycles. The number of ether oxygens (including phenoxy) is 1. The lowest BCUT2D eigenvalue weighted by Gasteiger charge is -2.04. The van der Waals surface area contributed by atoms with Gasteiger partial charge in [-0.05, 0) is 54.1 Å². The lowest BCUT2D eigenvalue weighted by atomic mass is 10.1. The zero-order chi connectivity index (χ0) is 20.8. The van der Waals surface area contributed by atoms with Gasteiger partial charge in [-0.3, -0.25) is 10.1 Å². The van der Waals surface area contributed by atoms with E-state index in [-0.39, 0.29) is 5.91 Å². The quantitative estimate of drug-likeness (QED) is 0.376. The first-order chi connectivity index (χ1) is 14.7. The van der Waals surface area contributed by atoms with Gasteiger partial charge in [0.15, 0.2) is 0 Å². The van der Waals surface area contributed by atoms with Gasteiger partial charge in [-0.15, -0.1) is 22.0 Å². The maximum Gasteiger partial charge on any atom is 0.257 e. The molecular formula is C23H19N3O2S2. The van der Waals surface area contributed by atoms with Gasteiger partial charge in [0, 0.05) is 21.8 Å².